The minimum Gasteiger partial charge on any atom is -0.398 e. The summed E-state index contributed by atoms with van der Waals surface area (Å²) in [5.74, 6) is 0. The molecule has 0 unspecified atom stereocenters. The molecule has 0 saturated heterocycles. The lowest BCUT2D eigenvalue weighted by molar-refractivity contribution is 1.19. The first-order valence-corrected chi connectivity index (χ1v) is 7.74. The van der Waals surface area contributed by atoms with E-state index in [-0.39, 0.29) is 0 Å². The Balaban J connectivity index is 2.17. The largest absolute Gasteiger partial charge is 0.398 e. The Labute approximate surface area is 145 Å². The van der Waals surface area contributed by atoms with E-state index in [1.54, 1.807) is 31.7 Å². The summed E-state index contributed by atoms with van der Waals surface area (Å²) in [5, 5.41) is 0.423. The summed E-state index contributed by atoms with van der Waals surface area (Å²) < 4.78 is 0. The summed E-state index contributed by atoms with van der Waals surface area (Å²) in [7, 11) is 1.70. The Morgan fingerprint density at radius 2 is 1.88 bits per heavy atom. The van der Waals surface area contributed by atoms with Crippen molar-refractivity contribution in [3.8, 4) is 0 Å². The molecule has 0 amide bonds. The highest BCUT2D eigenvalue weighted by Crippen LogP contribution is 2.23. The Morgan fingerprint density at radius 1 is 1.08 bits per heavy atom. The number of nitrogens with zero attached hydrogens (tertiary/aromatic N) is 4. The van der Waals surface area contributed by atoms with Crippen LogP contribution >= 0.6 is 11.6 Å². The van der Waals surface area contributed by atoms with Gasteiger partial charge >= 0.3 is 0 Å². The van der Waals surface area contributed by atoms with Crippen LogP contribution in [0.2, 0.25) is 5.15 Å². The van der Waals surface area contributed by atoms with Crippen molar-refractivity contribution in [2.24, 2.45) is 10.7 Å². The Morgan fingerprint density at radius 3 is 2.58 bits per heavy atom. The molecule has 6 heteroatoms. The topological polar surface area (TPSA) is 77.0 Å². The first-order chi connectivity index (χ1) is 11.6. The first kappa shape index (κ1) is 16.1. The van der Waals surface area contributed by atoms with Crippen LogP contribution in [0.4, 0.5) is 0 Å². The lowest BCUT2D eigenvalue weighted by Crippen LogP contribution is -2.04. The van der Waals surface area contributed by atoms with Crippen LogP contribution in [-0.2, 0) is 0 Å². The van der Waals surface area contributed by atoms with Gasteiger partial charge in [-0.2, -0.15) is 0 Å². The highest BCUT2D eigenvalue weighted by Gasteiger charge is 2.10. The summed E-state index contributed by atoms with van der Waals surface area (Å²) in [6.45, 7) is 1.93. The van der Waals surface area contributed by atoms with E-state index in [0.29, 0.717) is 16.4 Å². The Kier molecular flexibility index (Phi) is 4.53. The molecular weight excluding hydrogens is 322 g/mol. The van der Waals surface area contributed by atoms with Gasteiger partial charge in [-0.1, -0.05) is 11.6 Å². The molecule has 0 atom stereocenters. The molecule has 0 radical (unpaired) electrons. The second kappa shape index (κ2) is 6.76. The molecule has 120 valence electrons. The molecule has 3 rings (SSSR count). The van der Waals surface area contributed by atoms with Gasteiger partial charge in [-0.05, 0) is 37.3 Å². The van der Waals surface area contributed by atoms with Crippen molar-refractivity contribution in [1.82, 2.24) is 15.0 Å². The van der Waals surface area contributed by atoms with Crippen molar-refractivity contribution in [3.63, 3.8) is 0 Å². The average Bonchev–Trinajstić information content (AvgIpc) is 2.59. The Bertz CT molecular complexity index is 945. The van der Waals surface area contributed by atoms with Gasteiger partial charge in [0.2, 0.25) is 0 Å². The highest BCUT2D eigenvalue weighted by molar-refractivity contribution is 6.29. The van der Waals surface area contributed by atoms with Gasteiger partial charge in [0, 0.05) is 53.7 Å². The summed E-state index contributed by atoms with van der Waals surface area (Å²) in [6.07, 6.45) is 5.21. The summed E-state index contributed by atoms with van der Waals surface area (Å²) in [5.41, 5.74) is 11.8. The average molecular weight is 338 g/mol. The van der Waals surface area contributed by atoms with E-state index in [2.05, 4.69) is 19.9 Å². The number of nitrogens with two attached hydrogens (primary N) is 1. The van der Waals surface area contributed by atoms with Crippen LogP contribution in [0.5, 0.6) is 0 Å². The van der Waals surface area contributed by atoms with Gasteiger partial charge in [0.15, 0.2) is 0 Å². The first-order valence-electron chi connectivity index (χ1n) is 7.36. The fourth-order valence-electron chi connectivity index (χ4n) is 2.34. The molecule has 0 bridgehead atoms. The smallest absolute Gasteiger partial charge is 0.129 e. The van der Waals surface area contributed by atoms with Crippen LogP contribution in [0, 0.1) is 6.92 Å². The molecule has 24 heavy (non-hydrogen) atoms. The number of rotatable bonds is 3. The predicted molar refractivity (Wildman–Crippen MR) is 98.9 cm³/mol. The number of fused-ring (bicyclic) bond motifs is 1. The number of aliphatic imine (C=N–C) groups is 1. The van der Waals surface area contributed by atoms with Gasteiger partial charge in [0.05, 0.1) is 11.0 Å². The molecule has 3 aromatic rings. The minimum atomic E-state index is 0.423. The third-order valence-electron chi connectivity index (χ3n) is 3.59. The van der Waals surface area contributed by atoms with Gasteiger partial charge in [0.25, 0.3) is 0 Å². The van der Waals surface area contributed by atoms with Gasteiger partial charge in [0.1, 0.15) is 5.15 Å². The van der Waals surface area contributed by atoms with E-state index in [9.17, 15) is 0 Å². The minimum absolute atomic E-state index is 0.423. The van der Waals surface area contributed by atoms with Crippen molar-refractivity contribution >= 4 is 40.1 Å². The lowest BCUT2D eigenvalue weighted by Gasteiger charge is -2.09. The van der Waals surface area contributed by atoms with E-state index in [1.807, 2.05) is 31.2 Å². The fourth-order valence-corrected chi connectivity index (χ4v) is 2.49. The maximum absolute atomic E-state index is 6.36. The molecule has 0 spiro atoms. The molecule has 2 N–H and O–H groups in total. The van der Waals surface area contributed by atoms with Gasteiger partial charge in [-0.3, -0.25) is 15.0 Å². The summed E-state index contributed by atoms with van der Waals surface area (Å²) in [4.78, 5) is 17.1. The zero-order valence-corrected chi connectivity index (χ0v) is 14.1. The number of hydrogen-bond donors (Lipinski definition) is 1. The molecular formula is C18H16ClN5. The molecule has 0 aliphatic heterocycles. The number of pyridine rings is 3. The maximum Gasteiger partial charge on any atom is 0.129 e. The molecule has 5 nitrogen and oxygen atoms in total. The molecule has 0 aromatic carbocycles. The molecule has 0 saturated carbocycles. The number of allylic oxidation sites excluding steroid dienone is 1. The lowest BCUT2D eigenvalue weighted by atomic mass is 10.0. The van der Waals surface area contributed by atoms with Crippen LogP contribution in [0.15, 0.2) is 47.7 Å². The number of aryl methyl sites for hydroxylation is 1. The van der Waals surface area contributed by atoms with Crippen molar-refractivity contribution < 1.29 is 0 Å². The summed E-state index contributed by atoms with van der Waals surface area (Å²) >= 11 is 5.97. The Hall–Kier alpha value is -2.79. The van der Waals surface area contributed by atoms with Crippen molar-refractivity contribution in [1.29, 1.82) is 0 Å². The van der Waals surface area contributed by atoms with Gasteiger partial charge < -0.3 is 5.73 Å². The van der Waals surface area contributed by atoms with Crippen molar-refractivity contribution in [2.45, 2.75) is 6.92 Å². The fraction of sp³-hybridized carbons (Fsp3) is 0.111. The van der Waals surface area contributed by atoms with E-state index in [4.69, 9.17) is 17.3 Å². The third-order valence-corrected chi connectivity index (χ3v) is 3.80. The number of halogens is 1. The van der Waals surface area contributed by atoms with Gasteiger partial charge in [-0.25, -0.2) is 4.98 Å². The molecule has 0 aliphatic carbocycles. The van der Waals surface area contributed by atoms with Crippen molar-refractivity contribution in [3.05, 3.63) is 64.7 Å². The number of aromatic nitrogens is 3. The normalized spacial score (nSPS) is 12.6. The van der Waals surface area contributed by atoms with E-state index < -0.39 is 0 Å². The second-order valence-electron chi connectivity index (χ2n) is 5.30. The summed E-state index contributed by atoms with van der Waals surface area (Å²) in [6, 6.07) is 9.31. The quantitative estimate of drug-likeness (QED) is 0.586. The monoisotopic (exact) mass is 337 g/mol. The maximum atomic E-state index is 6.36. The van der Waals surface area contributed by atoms with Crippen LogP contribution in [0.1, 0.15) is 16.8 Å². The van der Waals surface area contributed by atoms with Crippen LogP contribution in [-0.4, -0.2) is 28.2 Å². The third kappa shape index (κ3) is 3.26. The molecule has 3 aromatic heterocycles. The van der Waals surface area contributed by atoms with E-state index >= 15 is 0 Å². The van der Waals surface area contributed by atoms with Gasteiger partial charge in [-0.15, -0.1) is 0 Å². The van der Waals surface area contributed by atoms with Crippen LogP contribution in [0.3, 0.4) is 0 Å². The SMILES string of the molecule is CN=CC(=C(N)c1ccc(C)nc1)c1cnc2ccc(Cl)nc2c1. The molecule has 0 aliphatic rings. The second-order valence-corrected chi connectivity index (χ2v) is 5.69. The van der Waals surface area contributed by atoms with E-state index in [0.717, 1.165) is 27.9 Å². The standard InChI is InChI=1S/C18H16ClN5/c1-11-3-4-12(8-22-11)18(20)14(10-21-2)13-7-16-15(23-9-13)5-6-17(19)24-16/h3-10H,20H2,1-2H3. The van der Waals surface area contributed by atoms with Crippen LogP contribution in [0.25, 0.3) is 22.3 Å². The van der Waals surface area contributed by atoms with Crippen LogP contribution < -0.4 is 5.73 Å². The zero-order chi connectivity index (χ0) is 17.1. The van der Waals surface area contributed by atoms with Crippen molar-refractivity contribution in [2.75, 3.05) is 7.05 Å². The predicted octanol–water partition coefficient (Wildman–Crippen LogP) is 3.51. The zero-order valence-electron chi connectivity index (χ0n) is 13.4. The highest BCUT2D eigenvalue weighted by atomic mass is 35.5. The van der Waals surface area contributed by atoms with E-state index in [1.165, 1.54) is 0 Å². The molecule has 0 fully saturated rings. The number of hydrogen-bond acceptors (Lipinski definition) is 5. The molecule has 3 heterocycles.